The van der Waals surface area contributed by atoms with Crippen LogP contribution in [-0.2, 0) is 26.2 Å². The lowest BCUT2D eigenvalue weighted by Crippen LogP contribution is -2.53. The quantitative estimate of drug-likeness (QED) is 0.327. The summed E-state index contributed by atoms with van der Waals surface area (Å²) >= 11 is 12.3. The number of nitro benzene ring substituents is 1. The van der Waals surface area contributed by atoms with E-state index in [1.807, 2.05) is 0 Å². The summed E-state index contributed by atoms with van der Waals surface area (Å²) in [6, 6.07) is 8.54. The first-order valence-electron chi connectivity index (χ1n) is 11.0. The topological polar surface area (TPSA) is 130 Å². The Kier molecular flexibility index (Phi) is 10.1. The second-order valence-corrected chi connectivity index (χ2v) is 11.1. The fourth-order valence-corrected chi connectivity index (χ4v) is 4.82. The van der Waals surface area contributed by atoms with Gasteiger partial charge < -0.3 is 10.2 Å². The molecule has 0 fully saturated rings. The molecule has 2 rings (SSSR count). The normalized spacial score (nSPS) is 12.2. The highest BCUT2D eigenvalue weighted by Gasteiger charge is 2.32. The summed E-state index contributed by atoms with van der Waals surface area (Å²) in [4.78, 5) is 38.4. The lowest BCUT2D eigenvalue weighted by Gasteiger charge is -2.33. The zero-order valence-electron chi connectivity index (χ0n) is 20.3. The molecule has 13 heteroatoms. The molecule has 0 aliphatic carbocycles. The number of nitrogens with one attached hydrogen (secondary N) is 1. The van der Waals surface area contributed by atoms with E-state index in [2.05, 4.69) is 5.32 Å². The van der Waals surface area contributed by atoms with Crippen LogP contribution in [0.25, 0.3) is 0 Å². The SMILES string of the molecule is CC[C@@H](C(=O)NC(C)C)N(Cc1ccc(Cl)cc1Cl)C(=O)CN(c1cccc([N+](=O)[O-])c1)S(C)(=O)=O. The van der Waals surface area contributed by atoms with Gasteiger partial charge in [0.2, 0.25) is 21.8 Å². The average Bonchev–Trinajstić information content (AvgIpc) is 2.77. The van der Waals surface area contributed by atoms with E-state index >= 15 is 0 Å². The van der Waals surface area contributed by atoms with Crippen molar-refractivity contribution in [2.24, 2.45) is 0 Å². The van der Waals surface area contributed by atoms with E-state index in [1.165, 1.54) is 29.2 Å². The third-order valence-corrected chi connectivity index (χ3v) is 6.91. The molecular weight excluding hydrogens is 531 g/mol. The van der Waals surface area contributed by atoms with Crippen molar-refractivity contribution in [1.82, 2.24) is 10.2 Å². The van der Waals surface area contributed by atoms with Crippen molar-refractivity contribution < 1.29 is 22.9 Å². The number of non-ortho nitro benzene ring substituents is 1. The molecule has 1 atom stereocenters. The van der Waals surface area contributed by atoms with Crippen LogP contribution in [0.15, 0.2) is 42.5 Å². The van der Waals surface area contributed by atoms with E-state index in [4.69, 9.17) is 23.2 Å². The van der Waals surface area contributed by atoms with Gasteiger partial charge in [0.25, 0.3) is 5.69 Å². The number of amides is 2. The molecule has 0 saturated carbocycles. The Hall–Kier alpha value is -2.89. The highest BCUT2D eigenvalue weighted by atomic mass is 35.5. The van der Waals surface area contributed by atoms with Crippen LogP contribution >= 0.6 is 23.2 Å². The van der Waals surface area contributed by atoms with E-state index in [1.54, 1.807) is 32.9 Å². The second kappa shape index (κ2) is 12.4. The zero-order chi connectivity index (χ0) is 27.2. The van der Waals surface area contributed by atoms with Crippen molar-refractivity contribution in [2.45, 2.75) is 45.8 Å². The van der Waals surface area contributed by atoms with Crippen LogP contribution in [0.5, 0.6) is 0 Å². The molecule has 0 aliphatic rings. The van der Waals surface area contributed by atoms with Crippen molar-refractivity contribution in [1.29, 1.82) is 0 Å². The minimum absolute atomic E-state index is 0.0517. The minimum Gasteiger partial charge on any atom is -0.352 e. The first kappa shape index (κ1) is 29.3. The highest BCUT2D eigenvalue weighted by molar-refractivity contribution is 7.92. The van der Waals surface area contributed by atoms with Crippen LogP contribution in [0.1, 0.15) is 32.8 Å². The van der Waals surface area contributed by atoms with Gasteiger partial charge in [-0.2, -0.15) is 0 Å². The number of hydrogen-bond acceptors (Lipinski definition) is 6. The van der Waals surface area contributed by atoms with E-state index in [0.717, 1.165) is 16.6 Å². The van der Waals surface area contributed by atoms with E-state index < -0.39 is 39.3 Å². The Morgan fingerprint density at radius 1 is 1.14 bits per heavy atom. The minimum atomic E-state index is -4.03. The second-order valence-electron chi connectivity index (χ2n) is 8.39. The number of anilines is 1. The number of carbonyl (C=O) groups excluding carboxylic acids is 2. The number of benzene rings is 2. The lowest BCUT2D eigenvalue weighted by molar-refractivity contribution is -0.384. The predicted molar refractivity (Wildman–Crippen MR) is 140 cm³/mol. The van der Waals surface area contributed by atoms with Gasteiger partial charge in [0.1, 0.15) is 12.6 Å². The molecule has 0 radical (unpaired) electrons. The molecule has 0 unspecified atom stereocenters. The lowest BCUT2D eigenvalue weighted by atomic mass is 10.1. The van der Waals surface area contributed by atoms with Gasteiger partial charge in [0.15, 0.2) is 0 Å². The Labute approximate surface area is 220 Å². The summed E-state index contributed by atoms with van der Waals surface area (Å²) in [5, 5.41) is 14.6. The van der Waals surface area contributed by atoms with Gasteiger partial charge in [-0.05, 0) is 44.0 Å². The van der Waals surface area contributed by atoms with Gasteiger partial charge in [-0.15, -0.1) is 0 Å². The molecule has 2 aromatic rings. The summed E-state index contributed by atoms with van der Waals surface area (Å²) in [6.07, 6.45) is 1.13. The molecule has 2 amide bonds. The Bertz CT molecular complexity index is 1240. The van der Waals surface area contributed by atoms with Crippen LogP contribution < -0.4 is 9.62 Å². The number of halogens is 2. The van der Waals surface area contributed by atoms with Crippen molar-refractivity contribution in [3.63, 3.8) is 0 Å². The number of rotatable bonds is 11. The first-order valence-corrected chi connectivity index (χ1v) is 13.6. The Morgan fingerprint density at radius 3 is 2.33 bits per heavy atom. The third-order valence-electron chi connectivity index (χ3n) is 5.18. The fraction of sp³-hybridized carbons (Fsp3) is 0.391. The summed E-state index contributed by atoms with van der Waals surface area (Å²) in [5.74, 6) is -1.10. The van der Waals surface area contributed by atoms with Crippen LogP contribution in [0.2, 0.25) is 10.0 Å². The Balaban J connectivity index is 2.51. The van der Waals surface area contributed by atoms with Crippen molar-refractivity contribution >= 4 is 56.4 Å². The molecule has 1 N–H and O–H groups in total. The third kappa shape index (κ3) is 7.81. The van der Waals surface area contributed by atoms with E-state index in [0.29, 0.717) is 10.6 Å². The highest BCUT2D eigenvalue weighted by Crippen LogP contribution is 2.26. The Morgan fingerprint density at radius 2 is 1.81 bits per heavy atom. The van der Waals surface area contributed by atoms with Crippen LogP contribution in [0, 0.1) is 10.1 Å². The number of hydrogen-bond donors (Lipinski definition) is 1. The molecule has 10 nitrogen and oxygen atoms in total. The van der Waals surface area contributed by atoms with Crippen LogP contribution in [0.3, 0.4) is 0 Å². The molecule has 0 bridgehead atoms. The summed E-state index contributed by atoms with van der Waals surface area (Å²) < 4.78 is 26.0. The number of nitrogens with zero attached hydrogens (tertiary/aromatic N) is 3. The monoisotopic (exact) mass is 558 g/mol. The maximum absolute atomic E-state index is 13.6. The van der Waals surface area contributed by atoms with Gasteiger partial charge in [-0.25, -0.2) is 8.42 Å². The van der Waals surface area contributed by atoms with Gasteiger partial charge in [-0.1, -0.05) is 42.3 Å². The zero-order valence-corrected chi connectivity index (χ0v) is 22.6. The number of sulfonamides is 1. The van der Waals surface area contributed by atoms with Gasteiger partial charge >= 0.3 is 0 Å². The van der Waals surface area contributed by atoms with Gasteiger partial charge in [0.05, 0.1) is 16.9 Å². The maximum Gasteiger partial charge on any atom is 0.271 e. The van der Waals surface area contributed by atoms with E-state index in [9.17, 15) is 28.1 Å². The van der Waals surface area contributed by atoms with Gasteiger partial charge in [-0.3, -0.25) is 24.0 Å². The van der Waals surface area contributed by atoms with E-state index in [-0.39, 0.29) is 35.4 Å². The summed E-state index contributed by atoms with van der Waals surface area (Å²) in [7, 11) is -4.03. The molecule has 0 aliphatic heterocycles. The molecular formula is C23H28Cl2N4O6S. The van der Waals surface area contributed by atoms with Crippen molar-refractivity contribution in [2.75, 3.05) is 17.1 Å². The standard InChI is InChI=1S/C23H28Cl2N4O6S/c1-5-21(23(31)26-15(2)3)27(13-16-9-10-17(24)11-20(16)25)22(30)14-28(36(4,34)35)18-7-6-8-19(12-18)29(32)33/h6-12,15,21H,5,13-14H2,1-4H3,(H,26,31)/t21-/m0/s1. The van der Waals surface area contributed by atoms with Crippen LogP contribution in [0.4, 0.5) is 11.4 Å². The molecule has 0 aromatic heterocycles. The number of carbonyl (C=O) groups is 2. The number of nitro groups is 1. The van der Waals surface area contributed by atoms with Gasteiger partial charge in [0, 0.05) is 34.8 Å². The molecule has 2 aromatic carbocycles. The summed E-state index contributed by atoms with van der Waals surface area (Å²) in [6.45, 7) is 4.51. The van der Waals surface area contributed by atoms with Crippen molar-refractivity contribution in [3.8, 4) is 0 Å². The largest absolute Gasteiger partial charge is 0.352 e. The first-order chi connectivity index (χ1) is 16.7. The fourth-order valence-electron chi connectivity index (χ4n) is 3.51. The van der Waals surface area contributed by atoms with Crippen molar-refractivity contribution in [3.05, 3.63) is 68.2 Å². The molecule has 0 saturated heterocycles. The maximum atomic E-state index is 13.6. The molecule has 0 spiro atoms. The molecule has 196 valence electrons. The summed E-state index contributed by atoms with van der Waals surface area (Å²) in [5.41, 5.74) is 0.122. The van der Waals surface area contributed by atoms with Crippen LogP contribution in [-0.4, -0.2) is 54.9 Å². The smallest absolute Gasteiger partial charge is 0.271 e. The molecule has 36 heavy (non-hydrogen) atoms. The predicted octanol–water partition coefficient (Wildman–Crippen LogP) is 4.00. The molecule has 0 heterocycles. The average molecular weight is 559 g/mol.